The van der Waals surface area contributed by atoms with E-state index in [-0.39, 0.29) is 40.9 Å². The molecule has 1 aromatic carbocycles. The largest absolute Gasteiger partial charge is 0.497 e. The van der Waals surface area contributed by atoms with Crippen molar-refractivity contribution in [3.05, 3.63) is 42.0 Å². The molecule has 4 atom stereocenters. The number of imide groups is 1. The fourth-order valence-electron chi connectivity index (χ4n) is 5.10. The molecule has 1 heterocycles. The quantitative estimate of drug-likeness (QED) is 0.670. The van der Waals surface area contributed by atoms with E-state index in [0.29, 0.717) is 11.3 Å². The van der Waals surface area contributed by atoms with Gasteiger partial charge in [-0.25, -0.2) is 0 Å². The summed E-state index contributed by atoms with van der Waals surface area (Å²) in [6.45, 7) is 0. The summed E-state index contributed by atoms with van der Waals surface area (Å²) >= 11 is 0. The SMILES string of the molecule is COc1ccc(C(=O)NN2C(=O)[C@@H]3[C@@H](C2=O)[C@@H]2C=C[C@H]3C23CC3)cc1. The van der Waals surface area contributed by atoms with Crippen LogP contribution in [0, 0.1) is 29.1 Å². The van der Waals surface area contributed by atoms with E-state index in [1.807, 2.05) is 0 Å². The van der Waals surface area contributed by atoms with Crippen LogP contribution in [0.4, 0.5) is 0 Å². The minimum atomic E-state index is -0.467. The molecule has 0 unspecified atom stereocenters. The second-order valence-electron chi connectivity index (χ2n) is 7.40. The molecule has 3 amide bonds. The van der Waals surface area contributed by atoms with Crippen molar-refractivity contribution < 1.29 is 19.1 Å². The fraction of sp³-hybridized carbons (Fsp3) is 0.421. The summed E-state index contributed by atoms with van der Waals surface area (Å²) in [6, 6.07) is 6.53. The van der Waals surface area contributed by atoms with Crippen molar-refractivity contribution in [2.24, 2.45) is 29.1 Å². The number of rotatable bonds is 3. The lowest BCUT2D eigenvalue weighted by Gasteiger charge is -2.22. The molecule has 1 saturated heterocycles. The van der Waals surface area contributed by atoms with Gasteiger partial charge in [-0.1, -0.05) is 12.2 Å². The Morgan fingerprint density at radius 3 is 2.12 bits per heavy atom. The summed E-state index contributed by atoms with van der Waals surface area (Å²) in [4.78, 5) is 38.0. The molecule has 2 bridgehead atoms. The Labute approximate surface area is 144 Å². The molecule has 3 aliphatic carbocycles. The molecule has 0 aromatic heterocycles. The van der Waals surface area contributed by atoms with Crippen molar-refractivity contribution in [3.8, 4) is 5.75 Å². The molecular weight excluding hydrogens is 320 g/mol. The number of benzene rings is 1. The number of carbonyl (C=O) groups excluding carboxylic acids is 3. The molecule has 2 saturated carbocycles. The van der Waals surface area contributed by atoms with Crippen molar-refractivity contribution in [1.29, 1.82) is 0 Å². The van der Waals surface area contributed by atoms with Crippen LogP contribution in [0.3, 0.4) is 0 Å². The smallest absolute Gasteiger partial charge is 0.270 e. The van der Waals surface area contributed by atoms with Gasteiger partial charge in [0.05, 0.1) is 18.9 Å². The molecule has 1 N–H and O–H groups in total. The van der Waals surface area contributed by atoms with E-state index in [1.54, 1.807) is 31.4 Å². The molecule has 25 heavy (non-hydrogen) atoms. The number of fused-ring (bicyclic) bond motifs is 3. The minimum Gasteiger partial charge on any atom is -0.497 e. The summed E-state index contributed by atoms with van der Waals surface area (Å²) < 4.78 is 5.07. The number of ether oxygens (including phenoxy) is 1. The van der Waals surface area contributed by atoms with Gasteiger partial charge in [0, 0.05) is 5.56 Å². The van der Waals surface area contributed by atoms with Crippen molar-refractivity contribution in [1.82, 2.24) is 10.4 Å². The average molecular weight is 338 g/mol. The van der Waals surface area contributed by atoms with E-state index >= 15 is 0 Å². The van der Waals surface area contributed by atoms with E-state index in [4.69, 9.17) is 4.74 Å². The third kappa shape index (κ3) is 1.77. The Bertz CT molecular complexity index is 790. The monoisotopic (exact) mass is 338 g/mol. The topological polar surface area (TPSA) is 75.7 Å². The second kappa shape index (κ2) is 4.71. The molecule has 5 rings (SSSR count). The number of methoxy groups -OCH3 is 1. The van der Waals surface area contributed by atoms with Crippen molar-refractivity contribution in [3.63, 3.8) is 0 Å². The Morgan fingerprint density at radius 1 is 1.08 bits per heavy atom. The average Bonchev–Trinajstić information content (AvgIpc) is 3.24. The zero-order valence-electron chi connectivity index (χ0n) is 13.8. The van der Waals surface area contributed by atoms with E-state index in [9.17, 15) is 14.4 Å². The standard InChI is InChI=1S/C19H18N2O4/c1-25-11-4-2-10(3-5-11)16(22)20-21-17(23)14-12-6-7-13(15(14)18(21)24)19(12)8-9-19/h2-7,12-15H,8-9H2,1H3,(H,20,22)/t12-,13+,14-,15-/m0/s1. The highest BCUT2D eigenvalue weighted by molar-refractivity contribution is 6.09. The molecule has 1 aliphatic heterocycles. The van der Waals surface area contributed by atoms with Gasteiger partial charge in [0.25, 0.3) is 17.7 Å². The minimum absolute atomic E-state index is 0.154. The molecule has 0 radical (unpaired) electrons. The second-order valence-corrected chi connectivity index (χ2v) is 7.40. The van der Waals surface area contributed by atoms with Gasteiger partial charge in [-0.2, -0.15) is 5.01 Å². The summed E-state index contributed by atoms with van der Waals surface area (Å²) in [6.07, 6.45) is 6.42. The molecule has 1 spiro atoms. The Hall–Kier alpha value is -2.63. The van der Waals surface area contributed by atoms with E-state index < -0.39 is 5.91 Å². The van der Waals surface area contributed by atoms with Crippen LogP contribution in [0.15, 0.2) is 36.4 Å². The van der Waals surface area contributed by atoms with Gasteiger partial charge in [-0.15, -0.1) is 0 Å². The number of hydrazine groups is 1. The van der Waals surface area contributed by atoms with Crippen LogP contribution in [0.5, 0.6) is 5.75 Å². The fourth-order valence-corrected chi connectivity index (χ4v) is 5.10. The van der Waals surface area contributed by atoms with Crippen LogP contribution in [0.1, 0.15) is 23.2 Å². The van der Waals surface area contributed by atoms with Crippen LogP contribution in [-0.2, 0) is 9.59 Å². The Balaban J connectivity index is 1.37. The summed E-state index contributed by atoms with van der Waals surface area (Å²) in [5.74, 6) is -0.659. The van der Waals surface area contributed by atoms with Crippen molar-refractivity contribution in [2.45, 2.75) is 12.8 Å². The predicted molar refractivity (Wildman–Crippen MR) is 87.1 cm³/mol. The van der Waals surface area contributed by atoms with Gasteiger partial charge in [0.1, 0.15) is 5.75 Å². The zero-order chi connectivity index (χ0) is 17.3. The van der Waals surface area contributed by atoms with Crippen LogP contribution in [0.25, 0.3) is 0 Å². The highest BCUT2D eigenvalue weighted by Gasteiger charge is 2.73. The molecular formula is C19H18N2O4. The van der Waals surface area contributed by atoms with Crippen LogP contribution in [0.2, 0.25) is 0 Å². The molecule has 6 heteroatoms. The first kappa shape index (κ1) is 14.7. The van der Waals surface area contributed by atoms with Gasteiger partial charge in [-0.3, -0.25) is 19.8 Å². The van der Waals surface area contributed by atoms with Gasteiger partial charge in [-0.05, 0) is 54.4 Å². The maximum Gasteiger partial charge on any atom is 0.270 e. The number of hydrogen-bond acceptors (Lipinski definition) is 4. The lowest BCUT2D eigenvalue weighted by atomic mass is 9.85. The van der Waals surface area contributed by atoms with Gasteiger partial charge < -0.3 is 4.74 Å². The number of nitrogens with one attached hydrogen (secondary N) is 1. The number of allylic oxidation sites excluding steroid dienone is 2. The number of amides is 3. The van der Waals surface area contributed by atoms with Gasteiger partial charge in [0.15, 0.2) is 0 Å². The third-order valence-corrected chi connectivity index (χ3v) is 6.42. The van der Waals surface area contributed by atoms with E-state index in [0.717, 1.165) is 17.9 Å². The Morgan fingerprint density at radius 2 is 1.64 bits per heavy atom. The number of nitrogens with zero attached hydrogens (tertiary/aromatic N) is 1. The molecule has 3 fully saturated rings. The lowest BCUT2D eigenvalue weighted by Crippen LogP contribution is -2.47. The van der Waals surface area contributed by atoms with E-state index in [2.05, 4.69) is 17.6 Å². The van der Waals surface area contributed by atoms with Crippen molar-refractivity contribution in [2.75, 3.05) is 7.11 Å². The maximum atomic E-state index is 12.8. The van der Waals surface area contributed by atoms with Gasteiger partial charge >= 0.3 is 0 Å². The number of carbonyl (C=O) groups is 3. The Kier molecular flexibility index (Phi) is 2.77. The molecule has 1 aromatic rings. The number of hydrogen-bond donors (Lipinski definition) is 1. The summed E-state index contributed by atoms with van der Waals surface area (Å²) in [5.41, 5.74) is 3.04. The predicted octanol–water partition coefficient (Wildman–Crippen LogP) is 1.54. The molecule has 4 aliphatic rings. The van der Waals surface area contributed by atoms with Crippen molar-refractivity contribution >= 4 is 17.7 Å². The highest BCUT2D eigenvalue weighted by atomic mass is 16.5. The summed E-state index contributed by atoms with van der Waals surface area (Å²) in [5, 5.41) is 0.949. The molecule has 6 nitrogen and oxygen atoms in total. The molecule has 128 valence electrons. The summed E-state index contributed by atoms with van der Waals surface area (Å²) in [7, 11) is 1.55. The van der Waals surface area contributed by atoms with Crippen LogP contribution >= 0.6 is 0 Å². The van der Waals surface area contributed by atoms with Crippen LogP contribution in [-0.4, -0.2) is 29.8 Å². The zero-order valence-corrected chi connectivity index (χ0v) is 13.8. The first-order valence-corrected chi connectivity index (χ1v) is 8.58. The van der Waals surface area contributed by atoms with Gasteiger partial charge in [0.2, 0.25) is 0 Å². The maximum absolute atomic E-state index is 12.8. The first-order valence-electron chi connectivity index (χ1n) is 8.58. The highest BCUT2D eigenvalue weighted by Crippen LogP contribution is 2.73. The first-order chi connectivity index (χ1) is 12.1. The lowest BCUT2D eigenvalue weighted by molar-refractivity contribution is -0.144. The van der Waals surface area contributed by atoms with Crippen LogP contribution < -0.4 is 10.2 Å². The third-order valence-electron chi connectivity index (χ3n) is 6.42. The normalized spacial score (nSPS) is 33.1. The van der Waals surface area contributed by atoms with E-state index in [1.165, 1.54) is 0 Å².